The van der Waals surface area contributed by atoms with Gasteiger partial charge in [-0.2, -0.15) is 0 Å². The molecule has 1 fully saturated rings. The molecule has 1 amide bonds. The number of ether oxygens (including phenoxy) is 1. The lowest BCUT2D eigenvalue weighted by molar-refractivity contribution is -0.0691. The first kappa shape index (κ1) is 16.0. The van der Waals surface area contributed by atoms with Gasteiger partial charge < -0.3 is 9.64 Å². The van der Waals surface area contributed by atoms with E-state index < -0.39 is 0 Å². The first-order chi connectivity index (χ1) is 11.0. The molecule has 23 heavy (non-hydrogen) atoms. The maximum atomic E-state index is 13.1. The van der Waals surface area contributed by atoms with E-state index in [2.05, 4.69) is 0 Å². The second-order valence-electron chi connectivity index (χ2n) is 5.68. The van der Waals surface area contributed by atoms with Crippen LogP contribution in [0.5, 0.6) is 0 Å². The molecule has 0 aromatic heterocycles. The van der Waals surface area contributed by atoms with Crippen LogP contribution in [-0.4, -0.2) is 30.0 Å². The number of morpholine rings is 1. The molecule has 0 radical (unpaired) electrons. The zero-order valence-corrected chi connectivity index (χ0v) is 13.5. The Balaban J connectivity index is 1.82. The van der Waals surface area contributed by atoms with Crippen molar-refractivity contribution in [3.05, 3.63) is 70.5 Å². The van der Waals surface area contributed by atoms with Crippen LogP contribution in [0.1, 0.15) is 28.9 Å². The summed E-state index contributed by atoms with van der Waals surface area (Å²) >= 11 is 6.13. The molecule has 0 bridgehead atoms. The van der Waals surface area contributed by atoms with Crippen molar-refractivity contribution in [1.29, 1.82) is 0 Å². The van der Waals surface area contributed by atoms with Gasteiger partial charge in [0.25, 0.3) is 5.91 Å². The number of carbonyl (C=O) groups is 1. The Kier molecular flexibility index (Phi) is 4.64. The third-order valence-corrected chi connectivity index (χ3v) is 4.22. The number of nitrogens with zero attached hydrogens (tertiary/aromatic N) is 1. The zero-order chi connectivity index (χ0) is 16.4. The first-order valence-electron chi connectivity index (χ1n) is 7.49. The third kappa shape index (κ3) is 3.54. The van der Waals surface area contributed by atoms with Crippen LogP contribution in [-0.2, 0) is 4.74 Å². The minimum atomic E-state index is -0.290. The summed E-state index contributed by atoms with van der Waals surface area (Å²) in [6.45, 7) is 2.84. The third-order valence-electron chi connectivity index (χ3n) is 3.89. The fourth-order valence-corrected chi connectivity index (χ4v) is 3.00. The van der Waals surface area contributed by atoms with Gasteiger partial charge in [-0.25, -0.2) is 4.39 Å². The first-order valence-corrected chi connectivity index (χ1v) is 7.87. The summed E-state index contributed by atoms with van der Waals surface area (Å²) in [4.78, 5) is 14.5. The van der Waals surface area contributed by atoms with Crippen molar-refractivity contribution in [3.63, 3.8) is 0 Å². The van der Waals surface area contributed by atoms with Crippen LogP contribution in [0.2, 0.25) is 5.02 Å². The van der Waals surface area contributed by atoms with E-state index >= 15 is 0 Å². The molecule has 2 aromatic rings. The van der Waals surface area contributed by atoms with Crippen molar-refractivity contribution in [2.24, 2.45) is 0 Å². The number of hydrogen-bond donors (Lipinski definition) is 0. The smallest absolute Gasteiger partial charge is 0.255 e. The molecule has 1 heterocycles. The topological polar surface area (TPSA) is 29.5 Å². The number of benzene rings is 2. The molecule has 0 saturated carbocycles. The van der Waals surface area contributed by atoms with E-state index in [-0.39, 0.29) is 23.9 Å². The summed E-state index contributed by atoms with van der Waals surface area (Å²) in [7, 11) is 0. The highest BCUT2D eigenvalue weighted by Gasteiger charge is 2.30. The number of carbonyl (C=O) groups excluding carboxylic acids is 1. The normalized spacial score (nSPS) is 21.3. The van der Waals surface area contributed by atoms with E-state index in [1.807, 2.05) is 6.92 Å². The Hall–Kier alpha value is -1.91. The Bertz CT molecular complexity index is 704. The van der Waals surface area contributed by atoms with E-state index in [1.165, 1.54) is 12.1 Å². The monoisotopic (exact) mass is 333 g/mol. The number of amides is 1. The summed E-state index contributed by atoms with van der Waals surface area (Å²) in [6.07, 6.45) is -0.379. The molecule has 3 rings (SSSR count). The minimum absolute atomic E-state index is 0.106. The molecular formula is C18H17ClFNO2. The highest BCUT2D eigenvalue weighted by Crippen LogP contribution is 2.27. The molecule has 0 N–H and O–H groups in total. The predicted octanol–water partition coefficient (Wildman–Crippen LogP) is 4.08. The summed E-state index contributed by atoms with van der Waals surface area (Å²) < 4.78 is 19.0. The van der Waals surface area contributed by atoms with Crippen molar-refractivity contribution in [3.8, 4) is 0 Å². The Morgan fingerprint density at radius 1 is 1.17 bits per heavy atom. The highest BCUT2D eigenvalue weighted by molar-refractivity contribution is 6.33. The lowest BCUT2D eigenvalue weighted by Crippen LogP contribution is -2.46. The Labute approximate surface area is 139 Å². The quantitative estimate of drug-likeness (QED) is 0.828. The number of hydrogen-bond acceptors (Lipinski definition) is 2. The van der Waals surface area contributed by atoms with Gasteiger partial charge in [-0.1, -0.05) is 35.9 Å². The second kappa shape index (κ2) is 6.69. The lowest BCUT2D eigenvalue weighted by atomic mass is 10.1. The largest absolute Gasteiger partial charge is 0.367 e. The molecule has 2 aromatic carbocycles. The van der Waals surface area contributed by atoms with Crippen molar-refractivity contribution < 1.29 is 13.9 Å². The van der Waals surface area contributed by atoms with Crippen LogP contribution in [0.3, 0.4) is 0 Å². The van der Waals surface area contributed by atoms with Gasteiger partial charge in [-0.15, -0.1) is 0 Å². The van der Waals surface area contributed by atoms with Crippen molar-refractivity contribution in [1.82, 2.24) is 4.90 Å². The van der Waals surface area contributed by atoms with Crippen molar-refractivity contribution >= 4 is 17.5 Å². The molecule has 1 aliphatic rings. The van der Waals surface area contributed by atoms with E-state index in [9.17, 15) is 9.18 Å². The van der Waals surface area contributed by atoms with Crippen molar-refractivity contribution in [2.45, 2.75) is 19.1 Å². The maximum Gasteiger partial charge on any atom is 0.255 e. The summed E-state index contributed by atoms with van der Waals surface area (Å²) in [5.41, 5.74) is 1.34. The van der Waals surface area contributed by atoms with Gasteiger partial charge in [-0.05, 0) is 36.8 Å². The van der Waals surface area contributed by atoms with Crippen LogP contribution in [0.4, 0.5) is 4.39 Å². The van der Waals surface area contributed by atoms with Crippen LogP contribution < -0.4 is 0 Å². The van der Waals surface area contributed by atoms with E-state index in [4.69, 9.17) is 16.3 Å². The Morgan fingerprint density at radius 2 is 1.87 bits per heavy atom. The molecule has 1 saturated heterocycles. The van der Waals surface area contributed by atoms with Crippen LogP contribution >= 0.6 is 11.6 Å². The molecule has 2 atom stereocenters. The fraction of sp³-hybridized carbons (Fsp3) is 0.278. The molecule has 0 aliphatic carbocycles. The van der Waals surface area contributed by atoms with Crippen molar-refractivity contribution in [2.75, 3.05) is 13.1 Å². The van der Waals surface area contributed by atoms with Gasteiger partial charge in [0.15, 0.2) is 0 Å². The summed E-state index contributed by atoms with van der Waals surface area (Å²) in [6, 6.07) is 13.2. The van der Waals surface area contributed by atoms with E-state index in [1.54, 1.807) is 41.3 Å². The maximum absolute atomic E-state index is 13.1. The summed E-state index contributed by atoms with van der Waals surface area (Å²) in [5, 5.41) is 0.440. The molecule has 5 heteroatoms. The van der Waals surface area contributed by atoms with Crippen LogP contribution in [0.25, 0.3) is 0 Å². The number of halogens is 2. The van der Waals surface area contributed by atoms with Gasteiger partial charge in [0.05, 0.1) is 23.2 Å². The molecular weight excluding hydrogens is 317 g/mol. The second-order valence-corrected chi connectivity index (χ2v) is 6.08. The lowest BCUT2D eigenvalue weighted by Gasteiger charge is -2.37. The predicted molar refractivity (Wildman–Crippen MR) is 87.0 cm³/mol. The molecule has 0 spiro atoms. The van der Waals surface area contributed by atoms with Gasteiger partial charge in [0.2, 0.25) is 0 Å². The van der Waals surface area contributed by atoms with Gasteiger partial charge >= 0.3 is 0 Å². The van der Waals surface area contributed by atoms with Crippen LogP contribution in [0, 0.1) is 5.82 Å². The molecule has 120 valence electrons. The standard InChI is InChI=1S/C18H17ClFNO2/c1-12-10-21(18(22)15-4-2-3-5-16(15)19)11-17(23-12)13-6-8-14(20)9-7-13/h2-9,12,17H,10-11H2,1H3. The number of rotatable bonds is 2. The van der Waals surface area contributed by atoms with Gasteiger partial charge in [0, 0.05) is 6.54 Å². The Morgan fingerprint density at radius 3 is 2.57 bits per heavy atom. The van der Waals surface area contributed by atoms with E-state index in [0.717, 1.165) is 5.56 Å². The van der Waals surface area contributed by atoms with Crippen LogP contribution in [0.15, 0.2) is 48.5 Å². The average molecular weight is 334 g/mol. The average Bonchev–Trinajstić information content (AvgIpc) is 2.55. The van der Waals surface area contributed by atoms with Gasteiger partial charge in [-0.3, -0.25) is 4.79 Å². The molecule has 2 unspecified atom stereocenters. The fourth-order valence-electron chi connectivity index (χ4n) is 2.78. The minimum Gasteiger partial charge on any atom is -0.367 e. The molecule has 3 nitrogen and oxygen atoms in total. The molecule has 1 aliphatic heterocycles. The van der Waals surface area contributed by atoms with E-state index in [0.29, 0.717) is 23.7 Å². The zero-order valence-electron chi connectivity index (χ0n) is 12.7. The highest BCUT2D eigenvalue weighted by atomic mass is 35.5. The summed E-state index contributed by atoms with van der Waals surface area (Å²) in [5.74, 6) is -0.403. The van der Waals surface area contributed by atoms with Gasteiger partial charge in [0.1, 0.15) is 11.9 Å². The SMILES string of the molecule is CC1CN(C(=O)c2ccccc2Cl)CC(c2ccc(F)cc2)O1.